The molecule has 0 saturated carbocycles. The van der Waals surface area contributed by atoms with Crippen LogP contribution in [0.2, 0.25) is 0 Å². The van der Waals surface area contributed by atoms with Crippen molar-refractivity contribution >= 4 is 40.5 Å². The number of fused-ring (bicyclic) bond motifs is 2. The maximum Gasteiger partial charge on any atom is 0.349 e. The summed E-state index contributed by atoms with van der Waals surface area (Å²) in [7, 11) is 0. The van der Waals surface area contributed by atoms with Gasteiger partial charge in [-0.15, -0.1) is 11.3 Å². The number of nitrogens with zero attached hydrogens (tertiary/aromatic N) is 1. The summed E-state index contributed by atoms with van der Waals surface area (Å²) in [5, 5.41) is 2.74. The Morgan fingerprint density at radius 2 is 1.96 bits per heavy atom. The van der Waals surface area contributed by atoms with Gasteiger partial charge in [-0.05, 0) is 56.4 Å². The Hall–Kier alpha value is -2.67. The molecule has 6 nitrogen and oxygen atoms in total. The zero-order valence-electron chi connectivity index (χ0n) is 15.7. The molecule has 0 saturated heterocycles. The molecule has 1 aliphatic carbocycles. The third kappa shape index (κ3) is 3.67. The molecule has 1 aromatic carbocycles. The molecule has 1 atom stereocenters. The van der Waals surface area contributed by atoms with Crippen LogP contribution in [0.3, 0.4) is 0 Å². The summed E-state index contributed by atoms with van der Waals surface area (Å²) in [6.07, 6.45) is 4.52. The summed E-state index contributed by atoms with van der Waals surface area (Å²) in [6.45, 7) is 1.46. The lowest BCUT2D eigenvalue weighted by atomic mass is 10.1. The van der Waals surface area contributed by atoms with Crippen LogP contribution < -0.4 is 10.2 Å². The number of para-hydroxylation sites is 2. The molecule has 2 amide bonds. The van der Waals surface area contributed by atoms with E-state index in [-0.39, 0.29) is 12.5 Å². The average molecular weight is 398 g/mol. The predicted molar refractivity (Wildman–Crippen MR) is 108 cm³/mol. The Morgan fingerprint density at radius 1 is 1.18 bits per heavy atom. The molecule has 0 unspecified atom stereocenters. The third-order valence-corrected chi connectivity index (χ3v) is 6.33. The highest BCUT2D eigenvalue weighted by molar-refractivity contribution is 7.14. The van der Waals surface area contributed by atoms with Crippen LogP contribution >= 0.6 is 11.3 Å². The molecule has 2 heterocycles. The fourth-order valence-electron chi connectivity index (χ4n) is 3.69. The molecule has 1 aliphatic heterocycles. The summed E-state index contributed by atoms with van der Waals surface area (Å²) in [4.78, 5) is 40.6. The first kappa shape index (κ1) is 18.7. The van der Waals surface area contributed by atoms with Crippen LogP contribution in [0.25, 0.3) is 0 Å². The number of esters is 1. The van der Waals surface area contributed by atoms with E-state index in [1.165, 1.54) is 33.1 Å². The van der Waals surface area contributed by atoms with Crippen LogP contribution in [0.5, 0.6) is 0 Å². The molecule has 1 N–H and O–H groups in total. The fraction of sp³-hybridized carbons (Fsp3) is 0.381. The van der Waals surface area contributed by atoms with Crippen molar-refractivity contribution in [2.75, 3.05) is 16.8 Å². The van der Waals surface area contributed by atoms with E-state index in [0.29, 0.717) is 16.3 Å². The van der Waals surface area contributed by atoms with Crippen molar-refractivity contribution in [3.8, 4) is 0 Å². The van der Waals surface area contributed by atoms with E-state index >= 15 is 0 Å². The molecule has 7 heteroatoms. The molecule has 146 valence electrons. The number of anilines is 2. The van der Waals surface area contributed by atoms with Gasteiger partial charge < -0.3 is 10.1 Å². The number of carbonyl (C=O) groups is 3. The van der Waals surface area contributed by atoms with E-state index in [2.05, 4.69) is 5.32 Å². The van der Waals surface area contributed by atoms with Gasteiger partial charge >= 0.3 is 5.97 Å². The second kappa shape index (κ2) is 7.75. The van der Waals surface area contributed by atoms with Crippen LogP contribution in [0.1, 0.15) is 46.3 Å². The molecule has 28 heavy (non-hydrogen) atoms. The highest BCUT2D eigenvalue weighted by Crippen LogP contribution is 2.31. The quantitative estimate of drug-likeness (QED) is 0.634. The number of benzene rings is 1. The average Bonchev–Trinajstić information content (AvgIpc) is 2.97. The van der Waals surface area contributed by atoms with E-state index in [4.69, 9.17) is 4.74 Å². The van der Waals surface area contributed by atoms with Gasteiger partial charge in [-0.2, -0.15) is 0 Å². The second-order valence-electron chi connectivity index (χ2n) is 7.16. The highest BCUT2D eigenvalue weighted by Gasteiger charge is 2.32. The summed E-state index contributed by atoms with van der Waals surface area (Å²) < 4.78 is 5.46. The normalized spacial score (nSPS) is 17.0. The predicted octanol–water partition coefficient (Wildman–Crippen LogP) is 3.55. The lowest BCUT2D eigenvalue weighted by molar-refractivity contribution is -0.128. The summed E-state index contributed by atoms with van der Waals surface area (Å²) >= 11 is 1.47. The minimum absolute atomic E-state index is 0.0922. The smallest absolute Gasteiger partial charge is 0.349 e. The van der Waals surface area contributed by atoms with Crippen LogP contribution in [-0.2, 0) is 27.2 Å². The molecule has 0 radical (unpaired) electrons. The van der Waals surface area contributed by atoms with E-state index in [1.54, 1.807) is 31.2 Å². The Morgan fingerprint density at radius 3 is 2.82 bits per heavy atom. The van der Waals surface area contributed by atoms with Crippen molar-refractivity contribution in [3.63, 3.8) is 0 Å². The highest BCUT2D eigenvalue weighted by atomic mass is 32.1. The molecule has 0 spiro atoms. The number of hydrogen-bond donors (Lipinski definition) is 1. The Labute approximate surface area is 167 Å². The van der Waals surface area contributed by atoms with Crippen LogP contribution in [0.15, 0.2) is 30.3 Å². The van der Waals surface area contributed by atoms with Crippen molar-refractivity contribution in [3.05, 3.63) is 45.6 Å². The Kier molecular flexibility index (Phi) is 5.17. The maximum atomic E-state index is 12.9. The van der Waals surface area contributed by atoms with Crippen molar-refractivity contribution in [2.45, 2.75) is 45.1 Å². The molecular weight excluding hydrogens is 376 g/mol. The van der Waals surface area contributed by atoms with Gasteiger partial charge in [-0.25, -0.2) is 4.79 Å². The molecule has 2 aliphatic rings. The number of rotatable bonds is 3. The number of aryl methyl sites for hydroxylation is 2. The van der Waals surface area contributed by atoms with Gasteiger partial charge in [-0.1, -0.05) is 18.6 Å². The molecular formula is C21H22N2O4S. The van der Waals surface area contributed by atoms with Crippen LogP contribution in [-0.4, -0.2) is 30.4 Å². The Bertz CT molecular complexity index is 913. The first-order valence-electron chi connectivity index (χ1n) is 9.56. The van der Waals surface area contributed by atoms with E-state index in [1.807, 2.05) is 6.07 Å². The van der Waals surface area contributed by atoms with E-state index < -0.39 is 18.0 Å². The third-order valence-electron chi connectivity index (χ3n) is 5.12. The minimum Gasteiger partial charge on any atom is -0.448 e. The number of amides is 2. The van der Waals surface area contributed by atoms with Gasteiger partial charge in [0.25, 0.3) is 5.91 Å². The van der Waals surface area contributed by atoms with Gasteiger partial charge in [0.05, 0.1) is 11.4 Å². The van der Waals surface area contributed by atoms with Crippen LogP contribution in [0.4, 0.5) is 11.4 Å². The van der Waals surface area contributed by atoms with E-state index in [9.17, 15) is 14.4 Å². The minimum atomic E-state index is -0.978. The maximum absolute atomic E-state index is 12.9. The lowest BCUT2D eigenvalue weighted by Crippen LogP contribution is -2.47. The van der Waals surface area contributed by atoms with Crippen LogP contribution in [0, 0.1) is 0 Å². The van der Waals surface area contributed by atoms with Gasteiger partial charge in [0.15, 0.2) is 6.10 Å². The van der Waals surface area contributed by atoms with Gasteiger partial charge in [0, 0.05) is 4.88 Å². The van der Waals surface area contributed by atoms with Gasteiger partial charge in [0.1, 0.15) is 11.4 Å². The monoisotopic (exact) mass is 398 g/mol. The zero-order valence-corrected chi connectivity index (χ0v) is 16.5. The number of hydrogen-bond acceptors (Lipinski definition) is 5. The number of nitrogens with one attached hydrogen (secondary N) is 1. The topological polar surface area (TPSA) is 75.7 Å². The molecule has 1 aromatic heterocycles. The Balaban J connectivity index is 1.48. The van der Waals surface area contributed by atoms with Crippen molar-refractivity contribution in [2.24, 2.45) is 0 Å². The summed E-state index contributed by atoms with van der Waals surface area (Å²) in [5.74, 6) is -1.16. The second-order valence-corrected chi connectivity index (χ2v) is 8.29. The molecule has 0 bridgehead atoms. The first-order chi connectivity index (χ1) is 13.5. The van der Waals surface area contributed by atoms with Gasteiger partial charge in [0.2, 0.25) is 5.91 Å². The summed E-state index contributed by atoms with van der Waals surface area (Å²) in [6, 6.07) is 9.00. The van der Waals surface area contributed by atoms with Crippen molar-refractivity contribution in [1.82, 2.24) is 0 Å². The molecule has 2 aromatic rings. The van der Waals surface area contributed by atoms with Crippen molar-refractivity contribution < 1.29 is 19.1 Å². The van der Waals surface area contributed by atoms with Gasteiger partial charge in [-0.3, -0.25) is 14.5 Å². The fourth-order valence-corrected chi connectivity index (χ4v) is 4.82. The number of thiophene rings is 1. The molecule has 0 fully saturated rings. The number of carbonyl (C=O) groups excluding carboxylic acids is 3. The number of ether oxygens (including phenoxy) is 1. The standard InChI is InChI=1S/C21H22N2O4S/c1-13(20(25)23-12-19(24)22-15-8-5-6-9-16(15)23)27-21(26)18-11-14-7-3-2-4-10-17(14)28-18/h5-6,8-9,11,13H,2-4,7,10,12H2,1H3,(H,22,24)/t13-/m0/s1. The zero-order chi connectivity index (χ0) is 19.7. The van der Waals surface area contributed by atoms with Crippen molar-refractivity contribution in [1.29, 1.82) is 0 Å². The lowest BCUT2D eigenvalue weighted by Gasteiger charge is -2.30. The molecule has 4 rings (SSSR count). The first-order valence-corrected chi connectivity index (χ1v) is 10.4. The SMILES string of the molecule is C[C@H](OC(=O)c1cc2c(s1)CCCCC2)C(=O)N1CC(=O)Nc2ccccc21. The largest absolute Gasteiger partial charge is 0.448 e. The van der Waals surface area contributed by atoms with E-state index in [0.717, 1.165) is 25.7 Å². The summed E-state index contributed by atoms with van der Waals surface area (Å²) in [5.41, 5.74) is 2.42.